The molecule has 32 heavy (non-hydrogen) atoms. The fourth-order valence-corrected chi connectivity index (χ4v) is 4.91. The van der Waals surface area contributed by atoms with Crippen LogP contribution in [-0.4, -0.2) is 29.0 Å². The van der Waals surface area contributed by atoms with Crippen LogP contribution in [0.25, 0.3) is 0 Å². The maximum absolute atomic E-state index is 12.7. The molecule has 0 unspecified atom stereocenters. The second kappa shape index (κ2) is 9.32. The van der Waals surface area contributed by atoms with Gasteiger partial charge < -0.3 is 5.32 Å². The van der Waals surface area contributed by atoms with Crippen LogP contribution in [0.1, 0.15) is 28.9 Å². The molecule has 3 aromatic rings. The van der Waals surface area contributed by atoms with Crippen LogP contribution < -0.4 is 10.0 Å². The van der Waals surface area contributed by atoms with Gasteiger partial charge in [-0.15, -0.1) is 0 Å². The van der Waals surface area contributed by atoms with Crippen molar-refractivity contribution in [3.05, 3.63) is 88.9 Å². The molecular weight excluding hydrogens is 472 g/mol. The van der Waals surface area contributed by atoms with Gasteiger partial charge in [-0.3, -0.25) is 9.52 Å². The third-order valence-corrected chi connectivity index (χ3v) is 7.51. The number of rotatable bonds is 7. The third kappa shape index (κ3) is 5.67. The van der Waals surface area contributed by atoms with Crippen molar-refractivity contribution in [2.75, 3.05) is 11.0 Å². The molecule has 0 aliphatic heterocycles. The molecule has 3 rings (SSSR count). The molecule has 0 radical (unpaired) electrons. The monoisotopic (exact) mass is 492 g/mol. The van der Waals surface area contributed by atoms with Gasteiger partial charge in [-0.25, -0.2) is 16.8 Å². The first-order chi connectivity index (χ1) is 15.0. The Hall–Kier alpha value is -2.88. The van der Waals surface area contributed by atoms with Gasteiger partial charge in [-0.05, 0) is 55.0 Å². The van der Waals surface area contributed by atoms with E-state index < -0.39 is 31.8 Å². The number of amides is 1. The Morgan fingerprint density at radius 3 is 2.06 bits per heavy atom. The first kappa shape index (κ1) is 23.8. The summed E-state index contributed by atoms with van der Waals surface area (Å²) in [7, 11) is -7.09. The number of sulfone groups is 1. The quantitative estimate of drug-likeness (QED) is 0.517. The molecule has 0 saturated heterocycles. The zero-order chi connectivity index (χ0) is 23.5. The van der Waals surface area contributed by atoms with Crippen molar-refractivity contribution in [3.63, 3.8) is 0 Å². The summed E-state index contributed by atoms with van der Waals surface area (Å²) in [5.74, 6) is -0.452. The Labute approximate surface area is 192 Å². The standard InChI is InChI=1S/C22H21ClN2O5S2/c1-15(16-8-11-18(12-9-16)31(2,27)28)24-22(26)20-13-10-17(14-21(20)23)25-32(29,30)19-6-4-3-5-7-19/h3-15,25H,1-2H3,(H,24,26)/t15-/m0/s1. The van der Waals surface area contributed by atoms with E-state index in [1.807, 2.05) is 0 Å². The van der Waals surface area contributed by atoms with E-state index >= 15 is 0 Å². The van der Waals surface area contributed by atoms with Crippen LogP contribution >= 0.6 is 11.6 Å². The summed E-state index contributed by atoms with van der Waals surface area (Å²) in [5.41, 5.74) is 1.11. The molecule has 1 atom stereocenters. The Bertz CT molecular complexity index is 1340. The van der Waals surface area contributed by atoms with Crippen molar-refractivity contribution in [1.82, 2.24) is 5.32 Å². The molecule has 3 aromatic carbocycles. The minimum absolute atomic E-state index is 0.0791. The number of sulfonamides is 1. The lowest BCUT2D eigenvalue weighted by Crippen LogP contribution is -2.27. The fraction of sp³-hybridized carbons (Fsp3) is 0.136. The van der Waals surface area contributed by atoms with Crippen LogP contribution in [0, 0.1) is 0 Å². The minimum atomic E-state index is -3.78. The highest BCUT2D eigenvalue weighted by molar-refractivity contribution is 7.92. The molecule has 0 aromatic heterocycles. The lowest BCUT2D eigenvalue weighted by Gasteiger charge is -2.16. The molecule has 2 N–H and O–H groups in total. The zero-order valence-corrected chi connectivity index (χ0v) is 19.6. The highest BCUT2D eigenvalue weighted by Crippen LogP contribution is 2.24. The molecule has 0 saturated carbocycles. The summed E-state index contributed by atoms with van der Waals surface area (Å²) in [6, 6.07) is 17.9. The van der Waals surface area contributed by atoms with E-state index in [4.69, 9.17) is 11.6 Å². The van der Waals surface area contributed by atoms with Crippen LogP contribution in [0.5, 0.6) is 0 Å². The van der Waals surface area contributed by atoms with Gasteiger partial charge in [0, 0.05) is 6.26 Å². The van der Waals surface area contributed by atoms with Gasteiger partial charge >= 0.3 is 0 Å². The summed E-state index contributed by atoms with van der Waals surface area (Å²) in [5, 5.41) is 2.87. The summed E-state index contributed by atoms with van der Waals surface area (Å²) >= 11 is 6.24. The zero-order valence-electron chi connectivity index (χ0n) is 17.2. The van der Waals surface area contributed by atoms with E-state index in [1.54, 1.807) is 37.3 Å². The SMILES string of the molecule is C[C@H](NC(=O)c1ccc(NS(=O)(=O)c2ccccc2)cc1Cl)c1ccc(S(C)(=O)=O)cc1. The van der Waals surface area contributed by atoms with Crippen LogP contribution in [-0.2, 0) is 19.9 Å². The largest absolute Gasteiger partial charge is 0.345 e. The maximum atomic E-state index is 12.7. The Balaban J connectivity index is 1.72. The lowest BCUT2D eigenvalue weighted by atomic mass is 10.1. The first-order valence-corrected chi connectivity index (χ1v) is 13.2. The summed E-state index contributed by atoms with van der Waals surface area (Å²) in [6.07, 6.45) is 1.12. The molecule has 7 nitrogen and oxygen atoms in total. The van der Waals surface area contributed by atoms with Crippen molar-refractivity contribution in [2.24, 2.45) is 0 Å². The highest BCUT2D eigenvalue weighted by Gasteiger charge is 2.18. The van der Waals surface area contributed by atoms with Gasteiger partial charge in [-0.2, -0.15) is 0 Å². The molecule has 0 heterocycles. The smallest absolute Gasteiger partial charge is 0.261 e. The van der Waals surface area contributed by atoms with Crippen molar-refractivity contribution in [2.45, 2.75) is 22.8 Å². The normalized spacial score (nSPS) is 12.7. The van der Waals surface area contributed by atoms with Gasteiger partial charge in [0.05, 0.1) is 32.1 Å². The molecule has 0 aliphatic rings. The van der Waals surface area contributed by atoms with Crippen LogP contribution in [0.15, 0.2) is 82.6 Å². The number of carbonyl (C=O) groups is 1. The van der Waals surface area contributed by atoms with Crippen molar-refractivity contribution < 1.29 is 21.6 Å². The highest BCUT2D eigenvalue weighted by atomic mass is 35.5. The molecular formula is C22H21ClN2O5S2. The first-order valence-electron chi connectivity index (χ1n) is 9.46. The van der Waals surface area contributed by atoms with Crippen LogP contribution in [0.2, 0.25) is 5.02 Å². The topological polar surface area (TPSA) is 109 Å². The van der Waals surface area contributed by atoms with Gasteiger partial charge in [0.25, 0.3) is 15.9 Å². The van der Waals surface area contributed by atoms with Crippen LogP contribution in [0.4, 0.5) is 5.69 Å². The van der Waals surface area contributed by atoms with Gasteiger partial charge in [-0.1, -0.05) is 41.9 Å². The summed E-state index contributed by atoms with van der Waals surface area (Å²) < 4.78 is 50.5. The maximum Gasteiger partial charge on any atom is 0.261 e. The number of halogens is 1. The number of nitrogens with one attached hydrogen (secondary N) is 2. The molecule has 0 spiro atoms. The summed E-state index contributed by atoms with van der Waals surface area (Å²) in [6.45, 7) is 1.75. The van der Waals surface area contributed by atoms with E-state index in [9.17, 15) is 21.6 Å². The van der Waals surface area contributed by atoms with Gasteiger partial charge in [0.1, 0.15) is 0 Å². The number of benzene rings is 3. The molecule has 0 aliphatic carbocycles. The Morgan fingerprint density at radius 2 is 1.50 bits per heavy atom. The summed E-state index contributed by atoms with van der Waals surface area (Å²) in [4.78, 5) is 13.0. The number of anilines is 1. The molecule has 0 fully saturated rings. The molecule has 10 heteroatoms. The molecule has 168 valence electrons. The predicted molar refractivity (Wildman–Crippen MR) is 124 cm³/mol. The average Bonchev–Trinajstić information content (AvgIpc) is 2.73. The molecule has 1 amide bonds. The second-order valence-electron chi connectivity index (χ2n) is 7.15. The van der Waals surface area contributed by atoms with Crippen LogP contribution in [0.3, 0.4) is 0 Å². The fourth-order valence-electron chi connectivity index (χ4n) is 2.94. The van der Waals surface area contributed by atoms with Crippen molar-refractivity contribution in [3.8, 4) is 0 Å². The predicted octanol–water partition coefficient (Wildman–Crippen LogP) is 4.04. The number of hydrogen-bond acceptors (Lipinski definition) is 5. The second-order valence-corrected chi connectivity index (χ2v) is 11.3. The average molecular weight is 493 g/mol. The Morgan fingerprint density at radius 1 is 0.875 bits per heavy atom. The van der Waals surface area contributed by atoms with E-state index in [0.717, 1.165) is 6.26 Å². The van der Waals surface area contributed by atoms with Crippen molar-refractivity contribution in [1.29, 1.82) is 0 Å². The van der Waals surface area contributed by atoms with E-state index in [0.29, 0.717) is 5.56 Å². The molecule has 0 bridgehead atoms. The number of carbonyl (C=O) groups excluding carboxylic acids is 1. The third-order valence-electron chi connectivity index (χ3n) is 4.68. The minimum Gasteiger partial charge on any atom is -0.345 e. The van der Waals surface area contributed by atoms with Crippen molar-refractivity contribution >= 4 is 43.1 Å². The van der Waals surface area contributed by atoms with E-state index in [2.05, 4.69) is 10.0 Å². The van der Waals surface area contributed by atoms with Gasteiger partial charge in [0.15, 0.2) is 9.84 Å². The Kier molecular flexibility index (Phi) is 6.92. The van der Waals surface area contributed by atoms with E-state index in [1.165, 1.54) is 42.5 Å². The van der Waals surface area contributed by atoms with Gasteiger partial charge in [0.2, 0.25) is 0 Å². The van der Waals surface area contributed by atoms with E-state index in [-0.39, 0.29) is 26.1 Å². The number of hydrogen-bond donors (Lipinski definition) is 2. The lowest BCUT2D eigenvalue weighted by molar-refractivity contribution is 0.0940.